The van der Waals surface area contributed by atoms with Crippen LogP contribution in [0.2, 0.25) is 0 Å². The molecule has 0 atom stereocenters. The summed E-state index contributed by atoms with van der Waals surface area (Å²) < 4.78 is 66.4. The Balaban J connectivity index is 1.75. The molecule has 1 aromatic carbocycles. The lowest BCUT2D eigenvalue weighted by atomic mass is 9.86. The molecule has 0 aromatic heterocycles. The van der Waals surface area contributed by atoms with E-state index in [1.165, 1.54) is 4.90 Å². The van der Waals surface area contributed by atoms with Crippen molar-refractivity contribution in [1.82, 2.24) is 9.21 Å². The predicted molar refractivity (Wildman–Crippen MR) is 88.2 cm³/mol. The highest BCUT2D eigenvalue weighted by Gasteiger charge is 2.45. The number of benzene rings is 1. The maximum atomic E-state index is 13.9. The highest BCUT2D eigenvalue weighted by Crippen LogP contribution is 2.39. The second kappa shape index (κ2) is 7.13. The number of piperazine rings is 1. The summed E-state index contributed by atoms with van der Waals surface area (Å²) in [7, 11) is -4.37. The molecule has 1 saturated carbocycles. The Hall–Kier alpha value is -2.12. The van der Waals surface area contributed by atoms with Crippen molar-refractivity contribution < 1.29 is 26.4 Å². The van der Waals surface area contributed by atoms with Gasteiger partial charge in [-0.15, -0.1) is 0 Å². The van der Waals surface area contributed by atoms with Crippen LogP contribution in [0.4, 0.5) is 13.2 Å². The lowest BCUT2D eigenvalue weighted by Crippen LogP contribution is -2.53. The van der Waals surface area contributed by atoms with Crippen LogP contribution in [-0.4, -0.2) is 49.7 Å². The number of sulfonamides is 1. The van der Waals surface area contributed by atoms with Crippen molar-refractivity contribution in [2.24, 2.45) is 5.41 Å². The predicted octanol–water partition coefficient (Wildman–Crippen LogP) is 2.02. The number of nitrogens with zero attached hydrogens (tertiary/aromatic N) is 3. The van der Waals surface area contributed by atoms with E-state index in [9.17, 15) is 31.6 Å². The second-order valence-electron chi connectivity index (χ2n) is 6.77. The molecule has 2 aliphatic rings. The Kier molecular flexibility index (Phi) is 5.18. The molecule has 0 N–H and O–H groups in total. The minimum atomic E-state index is -4.37. The average Bonchev–Trinajstić information content (AvgIpc) is 3.16. The summed E-state index contributed by atoms with van der Waals surface area (Å²) in [6.07, 6.45) is 2.56. The highest BCUT2D eigenvalue weighted by molar-refractivity contribution is 7.89. The molecule has 6 nitrogen and oxygen atoms in total. The van der Waals surface area contributed by atoms with Crippen molar-refractivity contribution in [2.75, 3.05) is 26.2 Å². The monoisotopic (exact) mass is 401 g/mol. The van der Waals surface area contributed by atoms with Crippen LogP contribution in [0.1, 0.15) is 25.7 Å². The number of amides is 1. The van der Waals surface area contributed by atoms with E-state index in [0.717, 1.165) is 17.1 Å². The molecule has 10 heteroatoms. The van der Waals surface area contributed by atoms with Gasteiger partial charge in [-0.2, -0.15) is 9.57 Å². The molecule has 1 aliphatic carbocycles. The second-order valence-corrected chi connectivity index (χ2v) is 8.68. The minimum absolute atomic E-state index is 0.0484. The van der Waals surface area contributed by atoms with Gasteiger partial charge in [0.2, 0.25) is 15.9 Å². The molecule has 3 rings (SSSR count). The van der Waals surface area contributed by atoms with Gasteiger partial charge < -0.3 is 4.90 Å². The van der Waals surface area contributed by atoms with E-state index in [1.54, 1.807) is 0 Å². The van der Waals surface area contributed by atoms with Crippen molar-refractivity contribution in [3.63, 3.8) is 0 Å². The van der Waals surface area contributed by atoms with Crippen molar-refractivity contribution in [3.05, 3.63) is 29.6 Å². The first-order chi connectivity index (χ1) is 12.7. The molecule has 2 fully saturated rings. The first-order valence-electron chi connectivity index (χ1n) is 8.57. The van der Waals surface area contributed by atoms with E-state index in [0.29, 0.717) is 25.0 Å². The summed E-state index contributed by atoms with van der Waals surface area (Å²) in [6.45, 7) is -0.137. The molecule has 1 aliphatic heterocycles. The van der Waals surface area contributed by atoms with Gasteiger partial charge in [-0.05, 0) is 25.0 Å². The Morgan fingerprint density at radius 1 is 1.04 bits per heavy atom. The summed E-state index contributed by atoms with van der Waals surface area (Å²) in [5.41, 5.74) is -1.05. The van der Waals surface area contributed by atoms with Gasteiger partial charge in [0, 0.05) is 26.2 Å². The molecule has 0 spiro atoms. The highest BCUT2D eigenvalue weighted by atomic mass is 32.2. The van der Waals surface area contributed by atoms with Crippen molar-refractivity contribution >= 4 is 15.9 Å². The number of nitriles is 1. The van der Waals surface area contributed by atoms with E-state index < -0.39 is 37.8 Å². The van der Waals surface area contributed by atoms with Crippen LogP contribution in [0, 0.1) is 34.2 Å². The number of hydrogen-bond donors (Lipinski definition) is 0. The van der Waals surface area contributed by atoms with Gasteiger partial charge in [0.05, 0.1) is 6.07 Å². The molecule has 146 valence electrons. The summed E-state index contributed by atoms with van der Waals surface area (Å²) in [4.78, 5) is 13.2. The fraction of sp³-hybridized carbons (Fsp3) is 0.529. The zero-order valence-corrected chi connectivity index (χ0v) is 15.2. The van der Waals surface area contributed by atoms with Crippen LogP contribution in [0.3, 0.4) is 0 Å². The van der Waals surface area contributed by atoms with Crippen LogP contribution in [0.5, 0.6) is 0 Å². The molecule has 1 aromatic rings. The van der Waals surface area contributed by atoms with E-state index >= 15 is 0 Å². The fourth-order valence-corrected chi connectivity index (χ4v) is 5.11. The average molecular weight is 401 g/mol. The first-order valence-corrected chi connectivity index (χ1v) is 10.0. The third-order valence-electron chi connectivity index (χ3n) is 5.22. The molecular formula is C17H18F3N3O3S. The zero-order chi connectivity index (χ0) is 19.8. The van der Waals surface area contributed by atoms with E-state index in [-0.39, 0.29) is 32.1 Å². The van der Waals surface area contributed by atoms with Crippen LogP contribution < -0.4 is 0 Å². The van der Waals surface area contributed by atoms with E-state index in [2.05, 4.69) is 6.07 Å². The van der Waals surface area contributed by atoms with Gasteiger partial charge in [-0.3, -0.25) is 4.79 Å². The first kappa shape index (κ1) is 19.6. The lowest BCUT2D eigenvalue weighted by Gasteiger charge is -2.37. The topological polar surface area (TPSA) is 81.5 Å². The summed E-state index contributed by atoms with van der Waals surface area (Å²) in [5, 5.41) is 9.41. The number of rotatable bonds is 3. The molecule has 0 radical (unpaired) electrons. The van der Waals surface area contributed by atoms with Crippen molar-refractivity contribution in [1.29, 1.82) is 5.26 Å². The molecule has 0 bridgehead atoms. The summed E-state index contributed by atoms with van der Waals surface area (Å²) >= 11 is 0. The number of halogens is 3. The van der Waals surface area contributed by atoms with Crippen molar-refractivity contribution in [2.45, 2.75) is 30.6 Å². The van der Waals surface area contributed by atoms with Gasteiger partial charge >= 0.3 is 0 Å². The summed E-state index contributed by atoms with van der Waals surface area (Å²) in [6, 6.07) is 3.35. The van der Waals surface area contributed by atoms with Gasteiger partial charge in [0.1, 0.15) is 10.3 Å². The smallest absolute Gasteiger partial charge is 0.246 e. The third-order valence-corrected chi connectivity index (χ3v) is 7.14. The fourth-order valence-electron chi connectivity index (χ4n) is 3.63. The van der Waals surface area contributed by atoms with Gasteiger partial charge in [0.25, 0.3) is 0 Å². The Labute approximate surface area is 155 Å². The van der Waals surface area contributed by atoms with E-state index in [1.807, 2.05) is 0 Å². The van der Waals surface area contributed by atoms with Crippen LogP contribution in [-0.2, 0) is 14.8 Å². The van der Waals surface area contributed by atoms with Gasteiger partial charge in [0.15, 0.2) is 17.5 Å². The van der Waals surface area contributed by atoms with Crippen LogP contribution in [0.15, 0.2) is 17.0 Å². The van der Waals surface area contributed by atoms with Gasteiger partial charge in [-0.1, -0.05) is 12.8 Å². The minimum Gasteiger partial charge on any atom is -0.339 e. The number of hydrogen-bond acceptors (Lipinski definition) is 4. The zero-order valence-electron chi connectivity index (χ0n) is 14.4. The third kappa shape index (κ3) is 3.30. The lowest BCUT2D eigenvalue weighted by molar-refractivity contribution is -0.140. The SMILES string of the molecule is N#CC1(C(=O)N2CCN(S(=O)(=O)c3ccc(F)c(F)c3F)CC2)CCCC1. The van der Waals surface area contributed by atoms with Crippen LogP contribution >= 0.6 is 0 Å². The molecule has 1 heterocycles. The largest absolute Gasteiger partial charge is 0.339 e. The van der Waals surface area contributed by atoms with E-state index in [4.69, 9.17) is 0 Å². The normalized spacial score (nSPS) is 20.4. The molecule has 1 amide bonds. The maximum absolute atomic E-state index is 13.9. The standard InChI is InChI=1S/C17H18F3N3O3S/c18-12-3-4-13(15(20)14(12)19)27(25,26)23-9-7-22(8-10-23)16(24)17(11-21)5-1-2-6-17/h3-4H,1-2,5-10H2. The number of carbonyl (C=O) groups is 1. The van der Waals surface area contributed by atoms with Crippen LogP contribution in [0.25, 0.3) is 0 Å². The van der Waals surface area contributed by atoms with Crippen molar-refractivity contribution in [3.8, 4) is 6.07 Å². The Morgan fingerprint density at radius 2 is 1.63 bits per heavy atom. The molecule has 0 unspecified atom stereocenters. The molecule has 27 heavy (non-hydrogen) atoms. The van der Waals surface area contributed by atoms with Gasteiger partial charge in [-0.25, -0.2) is 21.6 Å². The quantitative estimate of drug-likeness (QED) is 0.726. The number of carbonyl (C=O) groups excluding carboxylic acids is 1. The molecule has 1 saturated heterocycles. The molecular weight excluding hydrogens is 383 g/mol. The summed E-state index contributed by atoms with van der Waals surface area (Å²) in [5.74, 6) is -5.39. The maximum Gasteiger partial charge on any atom is 0.246 e. The Bertz CT molecular complexity index is 900. The Morgan fingerprint density at radius 3 is 2.19 bits per heavy atom.